The first-order valence-electron chi connectivity index (χ1n) is 8.04. The van der Waals surface area contributed by atoms with Gasteiger partial charge in [0.05, 0.1) is 26.1 Å². The monoisotopic (exact) mass is 345 g/mol. The van der Waals surface area contributed by atoms with Crippen LogP contribution < -0.4 is 10.1 Å². The Morgan fingerprint density at radius 2 is 1.88 bits per heavy atom. The Hall–Kier alpha value is -2.83. The van der Waals surface area contributed by atoms with Crippen LogP contribution in [0.15, 0.2) is 36.5 Å². The molecule has 1 amide bonds. The van der Waals surface area contributed by atoms with Crippen LogP contribution in [0.5, 0.6) is 5.75 Å². The third-order valence-corrected chi connectivity index (χ3v) is 3.63. The van der Waals surface area contributed by atoms with Gasteiger partial charge >= 0.3 is 5.97 Å². The van der Waals surface area contributed by atoms with Gasteiger partial charge in [-0.3, -0.25) is 4.79 Å². The molecule has 1 aromatic heterocycles. The molecule has 7 nitrogen and oxygen atoms in total. The molecule has 0 saturated carbocycles. The lowest BCUT2D eigenvalue weighted by molar-refractivity contribution is -0.143. The number of ether oxygens (including phenoxy) is 2. The highest BCUT2D eigenvalue weighted by molar-refractivity contribution is 5.97. The Balaban J connectivity index is 2.25. The van der Waals surface area contributed by atoms with Gasteiger partial charge in [0.2, 0.25) is 0 Å². The fraction of sp³-hybridized carbons (Fsp3) is 0.389. The number of carbonyl (C=O) groups is 2. The van der Waals surface area contributed by atoms with E-state index in [1.165, 1.54) is 14.2 Å². The van der Waals surface area contributed by atoms with Gasteiger partial charge in [-0.1, -0.05) is 32.0 Å². The van der Waals surface area contributed by atoms with Crippen molar-refractivity contribution in [2.45, 2.75) is 26.3 Å². The molecule has 134 valence electrons. The van der Waals surface area contributed by atoms with Gasteiger partial charge in [0, 0.05) is 0 Å². The van der Waals surface area contributed by atoms with E-state index in [0.29, 0.717) is 12.2 Å². The van der Waals surface area contributed by atoms with Crippen LogP contribution >= 0.6 is 0 Å². The number of carbonyl (C=O) groups excluding carboxylic acids is 2. The Labute approximate surface area is 146 Å². The van der Waals surface area contributed by atoms with Crippen LogP contribution in [0.1, 0.15) is 30.8 Å². The van der Waals surface area contributed by atoms with Crippen molar-refractivity contribution in [3.05, 3.63) is 42.2 Å². The molecule has 2 aromatic rings. The quantitative estimate of drug-likeness (QED) is 0.778. The smallest absolute Gasteiger partial charge is 0.328 e. The summed E-state index contributed by atoms with van der Waals surface area (Å²) in [5, 5.41) is 6.98. The van der Waals surface area contributed by atoms with Crippen LogP contribution in [0.3, 0.4) is 0 Å². The largest absolute Gasteiger partial charge is 0.493 e. The number of nitrogens with one attached hydrogen (secondary N) is 1. The van der Waals surface area contributed by atoms with Crippen molar-refractivity contribution in [3.63, 3.8) is 0 Å². The van der Waals surface area contributed by atoms with E-state index in [2.05, 4.69) is 10.4 Å². The van der Waals surface area contributed by atoms with Gasteiger partial charge in [-0.15, -0.1) is 0 Å². The number of hydrogen-bond donors (Lipinski definition) is 1. The summed E-state index contributed by atoms with van der Waals surface area (Å²) in [5.74, 6) is -0.422. The van der Waals surface area contributed by atoms with Gasteiger partial charge < -0.3 is 14.8 Å². The van der Waals surface area contributed by atoms with Crippen molar-refractivity contribution < 1.29 is 19.1 Å². The van der Waals surface area contributed by atoms with Crippen LogP contribution in [0.2, 0.25) is 0 Å². The summed E-state index contributed by atoms with van der Waals surface area (Å²) in [5.41, 5.74) is 0.913. The molecular formula is C18H23N3O4. The fourth-order valence-corrected chi connectivity index (χ4v) is 2.43. The topological polar surface area (TPSA) is 82.5 Å². The normalized spacial score (nSPS) is 11.9. The molecule has 0 aliphatic heterocycles. The maximum atomic E-state index is 12.6. The number of aromatic nitrogens is 2. The lowest BCUT2D eigenvalue weighted by atomic mass is 10.0. The molecule has 2 rings (SSSR count). The van der Waals surface area contributed by atoms with Crippen LogP contribution in [0.25, 0.3) is 5.69 Å². The molecule has 1 heterocycles. The van der Waals surface area contributed by atoms with Crippen LogP contribution in [0.4, 0.5) is 0 Å². The number of para-hydroxylation sites is 1. The minimum absolute atomic E-state index is 0.115. The van der Waals surface area contributed by atoms with Gasteiger partial charge in [-0.05, 0) is 24.5 Å². The number of methoxy groups -OCH3 is 2. The Kier molecular flexibility index (Phi) is 6.16. The molecule has 0 fully saturated rings. The van der Waals surface area contributed by atoms with E-state index < -0.39 is 17.9 Å². The number of nitrogens with zero attached hydrogens (tertiary/aromatic N) is 2. The number of benzene rings is 1. The van der Waals surface area contributed by atoms with Gasteiger partial charge in [0.25, 0.3) is 5.91 Å². The van der Waals surface area contributed by atoms with Crippen molar-refractivity contribution in [3.8, 4) is 11.4 Å². The minimum Gasteiger partial charge on any atom is -0.493 e. The molecule has 1 aromatic carbocycles. The standard InChI is InChI=1S/C18H23N3O4/c1-12(2)10-14(18(23)25-4)19-17(22)16-15(24-3)11-21(20-16)13-8-6-5-7-9-13/h5-9,11-12,14H,10H2,1-4H3,(H,19,22)/t14-/m1/s1. The van der Waals surface area contributed by atoms with E-state index in [1.807, 2.05) is 44.2 Å². The second-order valence-electron chi connectivity index (χ2n) is 6.00. The molecule has 0 saturated heterocycles. The SMILES string of the molecule is COC(=O)[C@@H](CC(C)C)NC(=O)c1nn(-c2ccccc2)cc1OC. The van der Waals surface area contributed by atoms with Gasteiger partial charge in [-0.25, -0.2) is 9.48 Å². The molecule has 0 aliphatic rings. The van der Waals surface area contributed by atoms with Gasteiger partial charge in [0.1, 0.15) is 6.04 Å². The van der Waals surface area contributed by atoms with E-state index in [4.69, 9.17) is 9.47 Å². The first-order chi connectivity index (χ1) is 12.0. The molecule has 7 heteroatoms. The zero-order valence-electron chi connectivity index (χ0n) is 14.9. The number of esters is 1. The zero-order valence-corrected chi connectivity index (χ0v) is 14.9. The van der Waals surface area contributed by atoms with E-state index in [0.717, 1.165) is 5.69 Å². The van der Waals surface area contributed by atoms with Crippen LogP contribution in [-0.4, -0.2) is 41.9 Å². The van der Waals surface area contributed by atoms with Crippen LogP contribution in [-0.2, 0) is 9.53 Å². The second kappa shape index (κ2) is 8.32. The third kappa shape index (κ3) is 4.59. The Morgan fingerprint density at radius 1 is 1.20 bits per heavy atom. The lowest BCUT2D eigenvalue weighted by Crippen LogP contribution is -2.42. The van der Waals surface area contributed by atoms with Crippen molar-refractivity contribution in [1.29, 1.82) is 0 Å². The molecule has 0 radical (unpaired) electrons. The molecule has 1 N–H and O–H groups in total. The average Bonchev–Trinajstić information content (AvgIpc) is 3.05. The summed E-state index contributed by atoms with van der Waals surface area (Å²) in [6.07, 6.45) is 2.10. The highest BCUT2D eigenvalue weighted by Crippen LogP contribution is 2.20. The predicted molar refractivity (Wildman–Crippen MR) is 92.8 cm³/mol. The fourth-order valence-electron chi connectivity index (χ4n) is 2.43. The summed E-state index contributed by atoms with van der Waals surface area (Å²) in [6.45, 7) is 3.93. The highest BCUT2D eigenvalue weighted by Gasteiger charge is 2.26. The first-order valence-corrected chi connectivity index (χ1v) is 8.04. The molecular weight excluding hydrogens is 322 g/mol. The van der Waals surface area contributed by atoms with Gasteiger partial charge in [0.15, 0.2) is 11.4 Å². The van der Waals surface area contributed by atoms with Crippen molar-refractivity contribution >= 4 is 11.9 Å². The lowest BCUT2D eigenvalue weighted by Gasteiger charge is -2.17. The minimum atomic E-state index is -0.732. The first kappa shape index (κ1) is 18.5. The summed E-state index contributed by atoms with van der Waals surface area (Å²) < 4.78 is 11.6. The average molecular weight is 345 g/mol. The van der Waals surface area contributed by atoms with E-state index in [-0.39, 0.29) is 11.6 Å². The van der Waals surface area contributed by atoms with Crippen molar-refractivity contribution in [2.24, 2.45) is 5.92 Å². The summed E-state index contributed by atoms with van der Waals surface area (Å²) >= 11 is 0. The second-order valence-corrected chi connectivity index (χ2v) is 6.00. The number of amides is 1. The van der Waals surface area contributed by atoms with Crippen molar-refractivity contribution in [2.75, 3.05) is 14.2 Å². The third-order valence-electron chi connectivity index (χ3n) is 3.63. The highest BCUT2D eigenvalue weighted by atomic mass is 16.5. The zero-order chi connectivity index (χ0) is 18.4. The maximum Gasteiger partial charge on any atom is 0.328 e. The van der Waals surface area contributed by atoms with Crippen molar-refractivity contribution in [1.82, 2.24) is 15.1 Å². The molecule has 0 bridgehead atoms. The molecule has 25 heavy (non-hydrogen) atoms. The molecule has 0 unspecified atom stereocenters. The Morgan fingerprint density at radius 3 is 2.44 bits per heavy atom. The van der Waals surface area contributed by atoms with E-state index in [9.17, 15) is 9.59 Å². The van der Waals surface area contributed by atoms with Crippen LogP contribution in [0, 0.1) is 5.92 Å². The summed E-state index contributed by atoms with van der Waals surface area (Å²) in [4.78, 5) is 24.5. The summed E-state index contributed by atoms with van der Waals surface area (Å²) in [6, 6.07) is 8.64. The number of hydrogen-bond acceptors (Lipinski definition) is 5. The molecule has 0 spiro atoms. The molecule has 0 aliphatic carbocycles. The predicted octanol–water partition coefficient (Wildman–Crippen LogP) is 2.20. The maximum absolute atomic E-state index is 12.6. The van der Waals surface area contributed by atoms with E-state index >= 15 is 0 Å². The van der Waals surface area contributed by atoms with E-state index in [1.54, 1.807) is 10.9 Å². The Bertz CT molecular complexity index is 725. The number of rotatable bonds is 7. The summed E-state index contributed by atoms with van der Waals surface area (Å²) in [7, 11) is 2.77. The molecule has 1 atom stereocenters. The van der Waals surface area contributed by atoms with Gasteiger partial charge in [-0.2, -0.15) is 5.10 Å².